The zero-order valence-electron chi connectivity index (χ0n) is 8.43. The van der Waals surface area contributed by atoms with Crippen LogP contribution >= 0.6 is 0 Å². The number of anilines is 1. The molecular weight excluding hydrogens is 214 g/mol. The van der Waals surface area contributed by atoms with Crippen molar-refractivity contribution in [3.8, 4) is 0 Å². The largest absolute Gasteiger partial charge is 0.340 e. The first-order valence-electron chi connectivity index (χ1n) is 4.58. The van der Waals surface area contributed by atoms with E-state index in [2.05, 4.69) is 20.4 Å². The first-order chi connectivity index (χ1) is 7.74. The minimum absolute atomic E-state index is 0.0854. The molecule has 84 valence electrons. The van der Waals surface area contributed by atoms with Crippen molar-refractivity contribution in [2.24, 2.45) is 0 Å². The predicted octanol–water partition coefficient (Wildman–Crippen LogP) is 1.23. The number of hydrogen-bond acceptors (Lipinski definition) is 6. The first-order valence-corrected chi connectivity index (χ1v) is 4.58. The molecule has 2 rings (SSSR count). The maximum absolute atomic E-state index is 10.8. The molecule has 0 radical (unpaired) electrons. The lowest BCUT2D eigenvalue weighted by Crippen LogP contribution is -2.03. The molecule has 0 amide bonds. The van der Waals surface area contributed by atoms with E-state index in [1.54, 1.807) is 6.92 Å². The van der Waals surface area contributed by atoms with Crippen molar-refractivity contribution < 1.29 is 9.76 Å². The normalized spacial score (nSPS) is 10.6. The SMILES string of the molecule is CCONc1ncnc2[nH]cc([N+](=O)[O-])c12. The number of aromatic nitrogens is 3. The third-order valence-electron chi connectivity index (χ3n) is 1.96. The molecule has 0 aliphatic heterocycles. The molecule has 2 heterocycles. The summed E-state index contributed by atoms with van der Waals surface area (Å²) in [4.78, 5) is 25.7. The Morgan fingerprint density at radius 2 is 2.44 bits per heavy atom. The van der Waals surface area contributed by atoms with Crippen LogP contribution in [0.25, 0.3) is 11.0 Å². The molecule has 2 aromatic rings. The molecule has 2 aromatic heterocycles. The molecule has 0 spiro atoms. The van der Waals surface area contributed by atoms with Gasteiger partial charge in [0.05, 0.1) is 17.7 Å². The number of fused-ring (bicyclic) bond motifs is 1. The van der Waals surface area contributed by atoms with E-state index in [1.165, 1.54) is 12.5 Å². The molecule has 16 heavy (non-hydrogen) atoms. The summed E-state index contributed by atoms with van der Waals surface area (Å²) in [5.41, 5.74) is 2.85. The Hall–Kier alpha value is -2.22. The van der Waals surface area contributed by atoms with Gasteiger partial charge in [-0.05, 0) is 6.92 Å². The maximum atomic E-state index is 10.8. The van der Waals surface area contributed by atoms with E-state index in [1.807, 2.05) is 0 Å². The lowest BCUT2D eigenvalue weighted by Gasteiger charge is -2.03. The molecule has 8 nitrogen and oxygen atoms in total. The van der Waals surface area contributed by atoms with Crippen LogP contribution in [0.15, 0.2) is 12.5 Å². The summed E-state index contributed by atoms with van der Waals surface area (Å²) in [5, 5.41) is 11.1. The Morgan fingerprint density at radius 1 is 1.62 bits per heavy atom. The summed E-state index contributed by atoms with van der Waals surface area (Å²) in [5.74, 6) is 0.278. The Kier molecular flexibility index (Phi) is 2.64. The van der Waals surface area contributed by atoms with E-state index in [-0.39, 0.29) is 11.5 Å². The monoisotopic (exact) mass is 223 g/mol. The molecule has 0 unspecified atom stereocenters. The topological polar surface area (TPSA) is 106 Å². The average molecular weight is 223 g/mol. The van der Waals surface area contributed by atoms with Crippen LogP contribution in [-0.2, 0) is 4.84 Å². The lowest BCUT2D eigenvalue weighted by atomic mass is 10.3. The molecule has 0 aromatic carbocycles. The van der Waals surface area contributed by atoms with Gasteiger partial charge in [0.25, 0.3) is 5.69 Å². The summed E-state index contributed by atoms with van der Waals surface area (Å²) in [7, 11) is 0. The molecule has 0 atom stereocenters. The lowest BCUT2D eigenvalue weighted by molar-refractivity contribution is -0.383. The van der Waals surface area contributed by atoms with E-state index in [0.29, 0.717) is 17.6 Å². The Labute approximate surface area is 89.8 Å². The summed E-state index contributed by atoms with van der Waals surface area (Å²) in [6.45, 7) is 2.21. The number of nitrogens with one attached hydrogen (secondary N) is 2. The van der Waals surface area contributed by atoms with Crippen LogP contribution in [-0.4, -0.2) is 26.5 Å². The number of hydrogen-bond donors (Lipinski definition) is 2. The van der Waals surface area contributed by atoms with Crippen LogP contribution in [0, 0.1) is 10.1 Å². The second kappa shape index (κ2) is 4.11. The highest BCUT2D eigenvalue weighted by atomic mass is 16.6. The Bertz CT molecular complexity index is 523. The highest BCUT2D eigenvalue weighted by Gasteiger charge is 2.19. The smallest absolute Gasteiger partial charge is 0.300 e. The number of H-pyrrole nitrogens is 1. The summed E-state index contributed by atoms with van der Waals surface area (Å²) >= 11 is 0. The van der Waals surface area contributed by atoms with E-state index in [4.69, 9.17) is 4.84 Å². The molecule has 8 heteroatoms. The summed E-state index contributed by atoms with van der Waals surface area (Å²) in [6, 6.07) is 0. The van der Waals surface area contributed by atoms with Crippen molar-refractivity contribution >= 4 is 22.5 Å². The van der Waals surface area contributed by atoms with Crippen LogP contribution in [0.3, 0.4) is 0 Å². The highest BCUT2D eigenvalue weighted by molar-refractivity contribution is 5.95. The molecule has 0 bridgehead atoms. The Balaban J connectivity index is 2.54. The highest BCUT2D eigenvalue weighted by Crippen LogP contribution is 2.28. The summed E-state index contributed by atoms with van der Waals surface area (Å²) in [6.07, 6.45) is 2.57. The van der Waals surface area contributed by atoms with Crippen molar-refractivity contribution in [2.75, 3.05) is 12.1 Å². The summed E-state index contributed by atoms with van der Waals surface area (Å²) < 4.78 is 0. The minimum atomic E-state index is -0.501. The van der Waals surface area contributed by atoms with Crippen molar-refractivity contribution in [1.29, 1.82) is 0 Å². The van der Waals surface area contributed by atoms with Crippen molar-refractivity contribution in [3.05, 3.63) is 22.6 Å². The third-order valence-corrected chi connectivity index (χ3v) is 1.96. The number of rotatable bonds is 4. The minimum Gasteiger partial charge on any atom is -0.340 e. The Morgan fingerprint density at radius 3 is 3.12 bits per heavy atom. The van der Waals surface area contributed by atoms with Gasteiger partial charge in [0.15, 0.2) is 5.82 Å². The van der Waals surface area contributed by atoms with Crippen LogP contribution in [0.5, 0.6) is 0 Å². The molecule has 0 aliphatic carbocycles. The third kappa shape index (κ3) is 1.65. The van der Waals surface area contributed by atoms with E-state index in [0.717, 1.165) is 0 Å². The van der Waals surface area contributed by atoms with Gasteiger partial charge in [0.1, 0.15) is 17.4 Å². The van der Waals surface area contributed by atoms with E-state index >= 15 is 0 Å². The van der Waals surface area contributed by atoms with Gasteiger partial charge >= 0.3 is 0 Å². The zero-order valence-corrected chi connectivity index (χ0v) is 8.43. The number of aromatic amines is 1. The van der Waals surface area contributed by atoms with Crippen LogP contribution in [0.1, 0.15) is 6.92 Å². The van der Waals surface area contributed by atoms with Gasteiger partial charge in [-0.3, -0.25) is 15.0 Å². The maximum Gasteiger partial charge on any atom is 0.300 e. The molecule has 2 N–H and O–H groups in total. The second-order valence-electron chi connectivity index (χ2n) is 2.91. The van der Waals surface area contributed by atoms with Gasteiger partial charge in [0, 0.05) is 0 Å². The van der Waals surface area contributed by atoms with E-state index in [9.17, 15) is 10.1 Å². The van der Waals surface area contributed by atoms with Gasteiger partial charge in [-0.25, -0.2) is 15.4 Å². The molecule has 0 aliphatic rings. The predicted molar refractivity (Wildman–Crippen MR) is 55.8 cm³/mol. The molecular formula is C8H9N5O3. The molecule has 0 fully saturated rings. The number of nitrogens with zero attached hydrogens (tertiary/aromatic N) is 3. The zero-order chi connectivity index (χ0) is 11.5. The average Bonchev–Trinajstić information content (AvgIpc) is 2.70. The van der Waals surface area contributed by atoms with Crippen molar-refractivity contribution in [3.63, 3.8) is 0 Å². The fraction of sp³-hybridized carbons (Fsp3) is 0.250. The van der Waals surface area contributed by atoms with Gasteiger partial charge in [-0.2, -0.15) is 0 Å². The van der Waals surface area contributed by atoms with Gasteiger partial charge in [-0.15, -0.1) is 0 Å². The van der Waals surface area contributed by atoms with E-state index < -0.39 is 4.92 Å². The van der Waals surface area contributed by atoms with Crippen LogP contribution in [0.2, 0.25) is 0 Å². The second-order valence-corrected chi connectivity index (χ2v) is 2.91. The quantitative estimate of drug-likeness (QED) is 0.596. The van der Waals surface area contributed by atoms with Crippen LogP contribution in [0.4, 0.5) is 11.5 Å². The van der Waals surface area contributed by atoms with Gasteiger partial charge in [0.2, 0.25) is 0 Å². The number of nitro groups is 1. The standard InChI is InChI=1S/C8H9N5O3/c1-2-16-12-8-6-5(13(14)15)3-9-7(6)10-4-11-8/h3-4H,2H2,1H3,(H2,9,10,11,12). The van der Waals surface area contributed by atoms with Crippen LogP contribution < -0.4 is 5.48 Å². The molecule has 0 saturated carbocycles. The fourth-order valence-corrected chi connectivity index (χ4v) is 1.31. The fourth-order valence-electron chi connectivity index (χ4n) is 1.31. The van der Waals surface area contributed by atoms with Crippen molar-refractivity contribution in [1.82, 2.24) is 15.0 Å². The van der Waals surface area contributed by atoms with Gasteiger partial charge in [-0.1, -0.05) is 0 Å². The van der Waals surface area contributed by atoms with Gasteiger partial charge < -0.3 is 4.98 Å². The first kappa shape index (κ1) is 10.3. The molecule has 0 saturated heterocycles. The van der Waals surface area contributed by atoms with Crippen molar-refractivity contribution in [2.45, 2.75) is 6.92 Å².